The van der Waals surface area contributed by atoms with Crippen LogP contribution in [0.5, 0.6) is 0 Å². The van der Waals surface area contributed by atoms with Crippen LogP contribution in [0.1, 0.15) is 65.7 Å². The Bertz CT molecular complexity index is 321. The molecule has 5 nitrogen and oxygen atoms in total. The Kier molecular flexibility index (Phi) is 11.8. The molecule has 0 rings (SSSR count). The number of nitrogens with two attached hydrogens (primary N) is 1. The van der Waals surface area contributed by atoms with E-state index in [0.717, 1.165) is 13.0 Å². The van der Waals surface area contributed by atoms with E-state index in [-0.39, 0.29) is 18.4 Å². The van der Waals surface area contributed by atoms with Crippen molar-refractivity contribution >= 4 is 11.8 Å². The monoisotopic (exact) mass is 313 g/mol. The van der Waals surface area contributed by atoms with Gasteiger partial charge in [-0.1, -0.05) is 52.9 Å². The second kappa shape index (κ2) is 12.4. The molecule has 3 N–H and O–H groups in total. The summed E-state index contributed by atoms with van der Waals surface area (Å²) in [6, 6.07) is -0.460. The zero-order chi connectivity index (χ0) is 17.0. The average molecular weight is 313 g/mol. The molecule has 2 unspecified atom stereocenters. The Balaban J connectivity index is 4.12. The lowest BCUT2D eigenvalue weighted by atomic mass is 10.0. The molecule has 2 atom stereocenters. The minimum Gasteiger partial charge on any atom is -0.344 e. The van der Waals surface area contributed by atoms with Crippen molar-refractivity contribution in [1.29, 1.82) is 0 Å². The summed E-state index contributed by atoms with van der Waals surface area (Å²) in [6.07, 6.45) is 8.12. The first-order valence-corrected chi connectivity index (χ1v) is 8.70. The molecule has 130 valence electrons. The zero-order valence-electron chi connectivity index (χ0n) is 14.9. The number of carbonyl (C=O) groups is 2. The normalized spacial score (nSPS) is 13.5. The Morgan fingerprint density at radius 3 is 2.32 bits per heavy atom. The number of hydrogen-bond donors (Lipinski definition) is 2. The van der Waals surface area contributed by atoms with E-state index in [0.29, 0.717) is 12.3 Å². The maximum Gasteiger partial charge on any atom is 0.244 e. The smallest absolute Gasteiger partial charge is 0.244 e. The van der Waals surface area contributed by atoms with Crippen molar-refractivity contribution in [3.05, 3.63) is 0 Å². The summed E-state index contributed by atoms with van der Waals surface area (Å²) in [7, 11) is 1.81. The van der Waals surface area contributed by atoms with Crippen molar-refractivity contribution in [2.75, 3.05) is 20.1 Å². The van der Waals surface area contributed by atoms with Crippen LogP contribution in [-0.2, 0) is 9.59 Å². The van der Waals surface area contributed by atoms with Gasteiger partial charge in [0.15, 0.2) is 0 Å². The third kappa shape index (κ3) is 9.03. The van der Waals surface area contributed by atoms with E-state index in [4.69, 9.17) is 5.73 Å². The highest BCUT2D eigenvalue weighted by molar-refractivity contribution is 5.88. The third-order valence-corrected chi connectivity index (χ3v) is 3.99. The van der Waals surface area contributed by atoms with Gasteiger partial charge in [0.2, 0.25) is 11.8 Å². The number of likely N-dealkylation sites (N-methyl/N-ethyl adjacent to an activating group) is 1. The first kappa shape index (κ1) is 20.9. The summed E-state index contributed by atoms with van der Waals surface area (Å²) in [6.45, 7) is 6.95. The van der Waals surface area contributed by atoms with E-state index in [9.17, 15) is 9.59 Å². The fourth-order valence-corrected chi connectivity index (χ4v) is 2.60. The van der Waals surface area contributed by atoms with Gasteiger partial charge in [-0.05, 0) is 18.8 Å². The largest absolute Gasteiger partial charge is 0.344 e. The number of hydrogen-bond acceptors (Lipinski definition) is 3. The van der Waals surface area contributed by atoms with Gasteiger partial charge in [0, 0.05) is 13.6 Å². The van der Waals surface area contributed by atoms with Gasteiger partial charge in [-0.3, -0.25) is 9.59 Å². The predicted octanol–water partition coefficient (Wildman–Crippen LogP) is 2.29. The third-order valence-electron chi connectivity index (χ3n) is 3.99. The fourth-order valence-electron chi connectivity index (χ4n) is 2.60. The highest BCUT2D eigenvalue weighted by Gasteiger charge is 2.22. The molecular weight excluding hydrogens is 278 g/mol. The summed E-state index contributed by atoms with van der Waals surface area (Å²) < 4.78 is 0. The molecule has 0 aromatic carbocycles. The first-order chi connectivity index (χ1) is 10.5. The van der Waals surface area contributed by atoms with Crippen LogP contribution < -0.4 is 11.1 Å². The molecule has 5 heteroatoms. The fraction of sp³-hybridized carbons (Fsp3) is 0.882. The van der Waals surface area contributed by atoms with Crippen LogP contribution in [0.15, 0.2) is 0 Å². The van der Waals surface area contributed by atoms with E-state index in [1.807, 2.05) is 14.0 Å². The molecule has 0 aromatic rings. The van der Waals surface area contributed by atoms with Crippen LogP contribution >= 0.6 is 0 Å². The van der Waals surface area contributed by atoms with Crippen molar-refractivity contribution < 1.29 is 9.59 Å². The number of amides is 2. The molecule has 0 bridgehead atoms. The molecule has 0 saturated heterocycles. The number of nitrogens with one attached hydrogen (secondary N) is 1. The minimum atomic E-state index is -0.460. The van der Waals surface area contributed by atoms with Gasteiger partial charge in [0.25, 0.3) is 0 Å². The molecule has 0 heterocycles. The summed E-state index contributed by atoms with van der Waals surface area (Å²) in [5.41, 5.74) is 5.28. The van der Waals surface area contributed by atoms with E-state index < -0.39 is 6.04 Å². The molecule has 0 spiro atoms. The lowest BCUT2D eigenvalue weighted by Crippen LogP contribution is -2.49. The molecule has 2 amide bonds. The van der Waals surface area contributed by atoms with Crippen LogP contribution in [0.3, 0.4) is 0 Å². The molecule has 0 radical (unpaired) electrons. The molecule has 0 aliphatic heterocycles. The molecule has 0 aliphatic carbocycles. The van der Waals surface area contributed by atoms with Crippen LogP contribution in [0.25, 0.3) is 0 Å². The van der Waals surface area contributed by atoms with Crippen LogP contribution in [0.4, 0.5) is 0 Å². The van der Waals surface area contributed by atoms with Crippen LogP contribution in [0.2, 0.25) is 0 Å². The summed E-state index contributed by atoms with van der Waals surface area (Å²) in [4.78, 5) is 25.4. The quantitative estimate of drug-likeness (QED) is 0.543. The summed E-state index contributed by atoms with van der Waals surface area (Å²) in [5.74, 6) is 0.179. The number of rotatable bonds is 12. The minimum absolute atomic E-state index is 0.0258. The van der Waals surface area contributed by atoms with Crippen molar-refractivity contribution in [1.82, 2.24) is 10.2 Å². The lowest BCUT2D eigenvalue weighted by Gasteiger charge is -2.26. The predicted molar refractivity (Wildman–Crippen MR) is 91.5 cm³/mol. The van der Waals surface area contributed by atoms with Crippen LogP contribution in [-0.4, -0.2) is 42.9 Å². The van der Waals surface area contributed by atoms with E-state index in [1.165, 1.54) is 32.1 Å². The molecule has 0 fully saturated rings. The van der Waals surface area contributed by atoms with Gasteiger partial charge < -0.3 is 16.0 Å². The van der Waals surface area contributed by atoms with Gasteiger partial charge in [0.05, 0.1) is 6.54 Å². The molecule has 22 heavy (non-hydrogen) atoms. The van der Waals surface area contributed by atoms with E-state index >= 15 is 0 Å². The van der Waals surface area contributed by atoms with Crippen molar-refractivity contribution in [3.63, 3.8) is 0 Å². The van der Waals surface area contributed by atoms with Crippen molar-refractivity contribution in [2.45, 2.75) is 71.8 Å². The van der Waals surface area contributed by atoms with Crippen molar-refractivity contribution in [2.24, 2.45) is 11.7 Å². The SMILES string of the molecule is CCCCCCCC(C)CN(C)C(=O)C(CC)NC(=O)CN. The van der Waals surface area contributed by atoms with E-state index in [2.05, 4.69) is 19.2 Å². The zero-order valence-corrected chi connectivity index (χ0v) is 14.9. The highest BCUT2D eigenvalue weighted by atomic mass is 16.2. The molecule has 0 aliphatic rings. The van der Waals surface area contributed by atoms with E-state index in [1.54, 1.807) is 4.90 Å². The average Bonchev–Trinajstić information content (AvgIpc) is 2.51. The Hall–Kier alpha value is -1.10. The second-order valence-corrected chi connectivity index (χ2v) is 6.26. The summed E-state index contributed by atoms with van der Waals surface area (Å²) >= 11 is 0. The number of nitrogens with zero attached hydrogens (tertiary/aromatic N) is 1. The number of carbonyl (C=O) groups excluding carboxylic acids is 2. The topological polar surface area (TPSA) is 75.4 Å². The Labute approximate surface area is 136 Å². The lowest BCUT2D eigenvalue weighted by molar-refractivity contribution is -0.135. The van der Waals surface area contributed by atoms with Gasteiger partial charge in [-0.25, -0.2) is 0 Å². The van der Waals surface area contributed by atoms with Gasteiger partial charge >= 0.3 is 0 Å². The van der Waals surface area contributed by atoms with Gasteiger partial charge in [0.1, 0.15) is 6.04 Å². The maximum atomic E-state index is 12.3. The van der Waals surface area contributed by atoms with Crippen LogP contribution in [0, 0.1) is 5.92 Å². The Morgan fingerprint density at radius 2 is 1.77 bits per heavy atom. The maximum absolute atomic E-state index is 12.3. The van der Waals surface area contributed by atoms with Crippen molar-refractivity contribution in [3.8, 4) is 0 Å². The molecular formula is C17H35N3O2. The summed E-state index contributed by atoms with van der Waals surface area (Å²) in [5, 5.41) is 2.68. The molecule has 0 aromatic heterocycles. The Morgan fingerprint density at radius 1 is 1.14 bits per heavy atom. The molecule has 0 saturated carbocycles. The highest BCUT2D eigenvalue weighted by Crippen LogP contribution is 2.13. The second-order valence-electron chi connectivity index (χ2n) is 6.26. The first-order valence-electron chi connectivity index (χ1n) is 8.70. The van der Waals surface area contributed by atoms with Gasteiger partial charge in [-0.15, -0.1) is 0 Å². The number of unbranched alkanes of at least 4 members (excludes halogenated alkanes) is 4. The standard InChI is InChI=1S/C17H35N3O2/c1-5-7-8-9-10-11-14(3)13-20(4)17(22)15(6-2)19-16(21)12-18/h14-15H,5-13,18H2,1-4H3,(H,19,21). The van der Waals surface area contributed by atoms with Gasteiger partial charge in [-0.2, -0.15) is 0 Å².